The van der Waals surface area contributed by atoms with Crippen LogP contribution in [0.4, 0.5) is 0 Å². The van der Waals surface area contributed by atoms with Gasteiger partial charge in [0.05, 0.1) is 23.7 Å². The molecule has 0 atom stereocenters. The third kappa shape index (κ3) is 7.37. The molecule has 0 fully saturated rings. The third-order valence-corrected chi connectivity index (χ3v) is 13.7. The second-order valence-corrected chi connectivity index (χ2v) is 18.8. The molecule has 15 heteroatoms. The maximum atomic E-state index is 14.2. The van der Waals surface area contributed by atoms with E-state index in [0.29, 0.717) is 45.0 Å². The molecule has 12 nitrogen and oxygen atoms in total. The minimum Gasteiger partial charge on any atom is -0.455 e. The highest BCUT2D eigenvalue weighted by atomic mass is 32.2. The van der Waals surface area contributed by atoms with Crippen molar-refractivity contribution < 1.29 is 48.8 Å². The topological polar surface area (TPSA) is 166 Å². The van der Waals surface area contributed by atoms with Gasteiger partial charge in [-0.3, -0.25) is 18.2 Å². The van der Waals surface area contributed by atoms with Crippen LogP contribution in [0.5, 0.6) is 17.2 Å². The first kappa shape index (κ1) is 38.3. The Morgan fingerprint density at radius 2 is 1.34 bits per heavy atom. The van der Waals surface area contributed by atoms with Crippen LogP contribution in [0.25, 0.3) is 16.3 Å². The van der Waals surface area contributed by atoms with Gasteiger partial charge in [0, 0.05) is 45.7 Å². The number of phosphoric ester groups is 1. The fraction of sp³-hybridized carbons (Fsp3) is 0.186. The molecule has 0 aromatic heterocycles. The minimum atomic E-state index is -5.02. The summed E-state index contributed by atoms with van der Waals surface area (Å²) < 4.78 is 112. The van der Waals surface area contributed by atoms with Crippen molar-refractivity contribution in [2.24, 2.45) is 0 Å². The number of hydrogen-bond acceptors (Lipinski definition) is 9. The molecule has 0 radical (unpaired) electrons. The Kier molecular flexibility index (Phi) is 9.84. The zero-order valence-electron chi connectivity index (χ0n) is 30.9. The molecule has 6 aromatic carbocycles. The van der Waals surface area contributed by atoms with Gasteiger partial charge < -0.3 is 9.26 Å². The molecule has 0 saturated carbocycles. The molecule has 0 bridgehead atoms. The summed E-state index contributed by atoms with van der Waals surface area (Å²) in [5.41, 5.74) is 4.54. The number of benzene rings is 6. The van der Waals surface area contributed by atoms with Gasteiger partial charge in [-0.15, -0.1) is 0 Å². The SMILES string of the molecule is O=P(OCc1ccccc1)(OCc1ccccc1)Oc1ccc2c3c(ccc2c1)C(c1ccc(S(=O)(=O)O)cc1S(=O)(=O)O)=c1cc2c4c(c1O3)CCC[N+]=4CCC2. The average Bonchev–Trinajstić information content (AvgIpc) is 3.21. The first-order valence-electron chi connectivity index (χ1n) is 18.7. The van der Waals surface area contributed by atoms with E-state index in [4.69, 9.17) is 18.3 Å². The van der Waals surface area contributed by atoms with Crippen LogP contribution in [0.15, 0.2) is 125 Å². The molecule has 0 saturated heterocycles. The second kappa shape index (κ2) is 14.9. The van der Waals surface area contributed by atoms with Crippen molar-refractivity contribution in [1.29, 1.82) is 0 Å². The molecule has 3 aliphatic rings. The van der Waals surface area contributed by atoms with Gasteiger partial charge in [0.1, 0.15) is 35.2 Å². The summed E-state index contributed by atoms with van der Waals surface area (Å²) in [5, 5.41) is 2.94. The monoisotopic (exact) mass is 838 g/mol. The summed E-state index contributed by atoms with van der Waals surface area (Å²) in [6, 6.07) is 32.2. The fourth-order valence-corrected chi connectivity index (χ4v) is 10.5. The van der Waals surface area contributed by atoms with E-state index in [-0.39, 0.29) is 24.5 Å². The highest BCUT2D eigenvalue weighted by molar-refractivity contribution is 7.86. The number of hydrogen-bond donors (Lipinski definition) is 2. The summed E-state index contributed by atoms with van der Waals surface area (Å²) in [6.45, 7) is 1.74. The molecule has 0 amide bonds. The molecular formula is C43H37NO11PS2+. The van der Waals surface area contributed by atoms with Crippen molar-refractivity contribution in [2.45, 2.75) is 48.7 Å². The van der Waals surface area contributed by atoms with Gasteiger partial charge in [0.25, 0.3) is 20.2 Å². The van der Waals surface area contributed by atoms with E-state index in [0.717, 1.165) is 72.1 Å². The number of nitrogens with zero attached hydrogens (tertiary/aromatic N) is 1. The van der Waals surface area contributed by atoms with Gasteiger partial charge in [-0.2, -0.15) is 16.8 Å². The molecule has 3 heterocycles. The summed E-state index contributed by atoms with van der Waals surface area (Å²) >= 11 is 0. The smallest absolute Gasteiger partial charge is 0.455 e. The van der Waals surface area contributed by atoms with Crippen molar-refractivity contribution in [1.82, 2.24) is 4.58 Å². The number of aryl methyl sites for hydroxylation is 1. The van der Waals surface area contributed by atoms with E-state index < -0.39 is 37.8 Å². The summed E-state index contributed by atoms with van der Waals surface area (Å²) in [6.07, 6.45) is 3.33. The molecule has 2 N–H and O–H groups in total. The summed E-state index contributed by atoms with van der Waals surface area (Å²) in [5.74, 6) is 1.13. The maximum Gasteiger partial charge on any atom is 0.530 e. The predicted octanol–water partition coefficient (Wildman–Crippen LogP) is 6.99. The first-order chi connectivity index (χ1) is 27.8. The van der Waals surface area contributed by atoms with Crippen LogP contribution >= 0.6 is 7.82 Å². The van der Waals surface area contributed by atoms with Crippen molar-refractivity contribution >= 4 is 44.4 Å². The Bertz CT molecular complexity index is 3000. The van der Waals surface area contributed by atoms with Crippen LogP contribution in [0.1, 0.15) is 46.2 Å². The van der Waals surface area contributed by atoms with Gasteiger partial charge in [-0.1, -0.05) is 72.8 Å². The molecule has 0 aliphatic carbocycles. The lowest BCUT2D eigenvalue weighted by Crippen LogP contribution is -2.45. The van der Waals surface area contributed by atoms with Gasteiger partial charge in [0.15, 0.2) is 0 Å². The lowest BCUT2D eigenvalue weighted by Gasteiger charge is -2.27. The highest BCUT2D eigenvalue weighted by Gasteiger charge is 2.34. The Labute approximate surface area is 334 Å². The Morgan fingerprint density at radius 3 is 2.00 bits per heavy atom. The van der Waals surface area contributed by atoms with Crippen molar-refractivity contribution in [3.63, 3.8) is 0 Å². The van der Waals surface area contributed by atoms with Crippen LogP contribution < -0.4 is 24.4 Å². The number of ether oxygens (including phenoxy) is 1. The van der Waals surface area contributed by atoms with E-state index in [1.165, 1.54) is 6.07 Å². The number of fused-ring (bicyclic) bond motifs is 5. The van der Waals surface area contributed by atoms with Crippen LogP contribution in [-0.4, -0.2) is 39.0 Å². The molecular weight excluding hydrogens is 802 g/mol. The van der Waals surface area contributed by atoms with E-state index in [1.807, 2.05) is 66.7 Å². The quantitative estimate of drug-likeness (QED) is 0.0784. The van der Waals surface area contributed by atoms with Gasteiger partial charge >= 0.3 is 7.82 Å². The van der Waals surface area contributed by atoms with Crippen molar-refractivity contribution in [3.8, 4) is 17.2 Å². The number of rotatable bonds is 11. The molecule has 0 unspecified atom stereocenters. The molecule has 9 rings (SSSR count). The van der Waals surface area contributed by atoms with E-state index in [1.54, 1.807) is 30.3 Å². The highest BCUT2D eigenvalue weighted by Crippen LogP contribution is 2.52. The zero-order valence-corrected chi connectivity index (χ0v) is 33.4. The normalized spacial score (nSPS) is 15.0. The Hall–Kier alpha value is -5.18. The lowest BCUT2D eigenvalue weighted by molar-refractivity contribution is 0.143. The van der Waals surface area contributed by atoms with Crippen molar-refractivity contribution in [3.05, 3.63) is 159 Å². The Morgan fingerprint density at radius 1 is 0.690 bits per heavy atom. The van der Waals surface area contributed by atoms with E-state index in [2.05, 4.69) is 4.58 Å². The van der Waals surface area contributed by atoms with Gasteiger partial charge in [-0.25, -0.2) is 9.14 Å². The predicted molar refractivity (Wildman–Crippen MR) is 216 cm³/mol. The summed E-state index contributed by atoms with van der Waals surface area (Å²) in [7, 11) is -14.1. The zero-order chi connectivity index (χ0) is 40.2. The van der Waals surface area contributed by atoms with Crippen LogP contribution in [0, 0.1) is 0 Å². The largest absolute Gasteiger partial charge is 0.530 e. The number of phosphoric acid groups is 1. The lowest BCUT2D eigenvalue weighted by atomic mass is 9.86. The molecule has 0 spiro atoms. The average molecular weight is 839 g/mol. The van der Waals surface area contributed by atoms with E-state index >= 15 is 0 Å². The van der Waals surface area contributed by atoms with E-state index in [9.17, 15) is 30.5 Å². The standard InChI is InChI=1S/C43H36NO11PS2/c45-56(52-26-28-9-3-1-4-10-28,53-27-29-11-5-2-6-12-29)55-32-16-19-34-30(23-32)15-18-36-40(35-20-17-33(57(46,47)48)25-39(35)58(49,50)51)38-24-31-13-7-21-44-22-8-14-37(41(31)44)43(38)54-42(34)36/h1-6,9-12,15-20,23-25H,7-8,13-14,21-22,26-27H2,(H-,46,47,48,49,50,51)/p+1. The second-order valence-electron chi connectivity index (χ2n) is 14.4. The van der Waals surface area contributed by atoms with Crippen LogP contribution in [0.2, 0.25) is 0 Å². The van der Waals surface area contributed by atoms with Crippen molar-refractivity contribution in [2.75, 3.05) is 13.1 Å². The molecule has 3 aliphatic heterocycles. The first-order valence-corrected chi connectivity index (χ1v) is 23.0. The molecule has 58 heavy (non-hydrogen) atoms. The van der Waals surface area contributed by atoms with Gasteiger partial charge in [0.2, 0.25) is 5.36 Å². The maximum absolute atomic E-state index is 14.2. The third-order valence-electron chi connectivity index (χ3n) is 10.6. The van der Waals surface area contributed by atoms with Crippen LogP contribution in [-0.2, 0) is 59.9 Å². The van der Waals surface area contributed by atoms with Gasteiger partial charge in [-0.05, 0) is 71.8 Å². The molecule has 296 valence electrons. The molecule has 6 aromatic rings. The summed E-state index contributed by atoms with van der Waals surface area (Å²) in [4.78, 5) is -1.37. The minimum absolute atomic E-state index is 0.0277. The van der Waals surface area contributed by atoms with Crippen LogP contribution in [0.3, 0.4) is 0 Å². The Balaban J connectivity index is 1.19. The fourth-order valence-electron chi connectivity index (χ4n) is 8.07.